The van der Waals surface area contributed by atoms with E-state index in [-0.39, 0.29) is 5.02 Å². The van der Waals surface area contributed by atoms with E-state index >= 15 is 0 Å². The minimum atomic E-state index is -0.406. The van der Waals surface area contributed by atoms with Crippen molar-refractivity contribution < 1.29 is 4.39 Å². The first-order chi connectivity index (χ1) is 9.56. The summed E-state index contributed by atoms with van der Waals surface area (Å²) in [6.07, 6.45) is 5.96. The van der Waals surface area contributed by atoms with Crippen molar-refractivity contribution >= 4 is 34.9 Å². The van der Waals surface area contributed by atoms with Crippen molar-refractivity contribution in [2.75, 3.05) is 0 Å². The number of fused-ring (bicyclic) bond motifs is 1. The van der Waals surface area contributed by atoms with Crippen molar-refractivity contribution in [1.82, 2.24) is 9.55 Å². The topological polar surface area (TPSA) is 20.7 Å². The summed E-state index contributed by atoms with van der Waals surface area (Å²) in [4.78, 5) is 3.10. The van der Waals surface area contributed by atoms with E-state index in [1.807, 2.05) is 0 Å². The van der Waals surface area contributed by atoms with Gasteiger partial charge in [-0.2, -0.15) is 0 Å². The van der Waals surface area contributed by atoms with Crippen LogP contribution in [0.25, 0.3) is 11.0 Å². The van der Waals surface area contributed by atoms with Crippen molar-refractivity contribution in [2.24, 2.45) is 5.92 Å². The van der Waals surface area contributed by atoms with Crippen molar-refractivity contribution in [1.29, 1.82) is 0 Å². The molecule has 108 valence electrons. The lowest BCUT2D eigenvalue weighted by atomic mass is 10.0. The van der Waals surface area contributed by atoms with Crippen LogP contribution in [0.2, 0.25) is 5.02 Å². The first-order valence-corrected chi connectivity index (χ1v) is 7.94. The minimum Gasteiger partial charge on any atom is -0.330 e. The number of halogens is 2. The van der Waals surface area contributed by atoms with E-state index in [9.17, 15) is 4.39 Å². The van der Waals surface area contributed by atoms with Gasteiger partial charge in [0.1, 0.15) is 5.82 Å². The molecule has 2 aromatic rings. The van der Waals surface area contributed by atoms with Gasteiger partial charge in [0.05, 0.1) is 16.1 Å². The maximum atomic E-state index is 13.6. The minimum absolute atomic E-state index is 0.155. The summed E-state index contributed by atoms with van der Waals surface area (Å²) in [5.74, 6) is 0.373. The molecule has 2 unspecified atom stereocenters. The Morgan fingerprint density at radius 3 is 2.90 bits per heavy atom. The molecule has 0 saturated heterocycles. The average molecular weight is 313 g/mol. The standard InChI is InChI=1S/C15H18ClFN2S/c1-9-3-2-4-10(6-5-9)19-14-7-11(16)12(17)8-13(14)18-15(19)20/h7-10H,2-6H2,1H3,(H,18,20). The van der Waals surface area contributed by atoms with Gasteiger partial charge < -0.3 is 9.55 Å². The molecule has 0 amide bonds. The third-order valence-corrected chi connectivity index (χ3v) is 4.94. The first-order valence-electron chi connectivity index (χ1n) is 7.15. The SMILES string of the molecule is CC1CCCC(n2c(=S)[nH]c3cc(F)c(Cl)cc32)CC1. The van der Waals surface area contributed by atoms with Gasteiger partial charge in [0.15, 0.2) is 4.77 Å². The van der Waals surface area contributed by atoms with Gasteiger partial charge in [-0.3, -0.25) is 0 Å². The molecule has 2 atom stereocenters. The molecule has 0 aliphatic heterocycles. The Morgan fingerprint density at radius 1 is 1.30 bits per heavy atom. The number of H-pyrrole nitrogens is 1. The van der Waals surface area contributed by atoms with Gasteiger partial charge in [-0.15, -0.1) is 0 Å². The molecule has 3 rings (SSSR count). The second-order valence-corrected chi connectivity index (χ2v) is 6.64. The molecule has 1 heterocycles. The number of nitrogens with one attached hydrogen (secondary N) is 1. The van der Waals surface area contributed by atoms with E-state index in [2.05, 4.69) is 16.5 Å². The van der Waals surface area contributed by atoms with Crippen LogP contribution in [0.3, 0.4) is 0 Å². The Bertz CT molecular complexity index is 691. The van der Waals surface area contributed by atoms with Crippen LogP contribution >= 0.6 is 23.8 Å². The molecule has 5 heteroatoms. The predicted molar refractivity (Wildman–Crippen MR) is 83.4 cm³/mol. The number of aromatic amines is 1. The number of hydrogen-bond donors (Lipinski definition) is 1. The number of nitrogens with zero attached hydrogens (tertiary/aromatic N) is 1. The van der Waals surface area contributed by atoms with Gasteiger partial charge in [0.2, 0.25) is 0 Å². The monoisotopic (exact) mass is 312 g/mol. The fourth-order valence-electron chi connectivity index (χ4n) is 3.21. The molecule has 1 saturated carbocycles. The Labute approximate surface area is 127 Å². The number of aromatic nitrogens is 2. The largest absolute Gasteiger partial charge is 0.330 e. The van der Waals surface area contributed by atoms with Crippen LogP contribution in [0.1, 0.15) is 45.1 Å². The van der Waals surface area contributed by atoms with Gasteiger partial charge in [-0.1, -0.05) is 31.4 Å². The number of imidazole rings is 1. The Kier molecular flexibility index (Phi) is 3.87. The van der Waals surface area contributed by atoms with Crippen LogP contribution in [0.15, 0.2) is 12.1 Å². The van der Waals surface area contributed by atoms with Crippen molar-refractivity contribution in [3.8, 4) is 0 Å². The van der Waals surface area contributed by atoms with Crippen LogP contribution in [0.5, 0.6) is 0 Å². The van der Waals surface area contributed by atoms with E-state index < -0.39 is 5.82 Å². The van der Waals surface area contributed by atoms with Crippen molar-refractivity contribution in [3.63, 3.8) is 0 Å². The van der Waals surface area contributed by atoms with Gasteiger partial charge in [0.25, 0.3) is 0 Å². The van der Waals surface area contributed by atoms with Crippen LogP contribution in [0.4, 0.5) is 4.39 Å². The molecule has 1 aromatic heterocycles. The fourth-order valence-corrected chi connectivity index (χ4v) is 3.72. The van der Waals surface area contributed by atoms with Crippen LogP contribution in [0, 0.1) is 16.5 Å². The molecule has 0 bridgehead atoms. The second-order valence-electron chi connectivity index (χ2n) is 5.85. The Hall–Kier alpha value is -0.870. The highest BCUT2D eigenvalue weighted by Gasteiger charge is 2.20. The highest BCUT2D eigenvalue weighted by molar-refractivity contribution is 7.71. The normalized spacial score (nSPS) is 23.9. The lowest BCUT2D eigenvalue weighted by molar-refractivity contribution is 0.438. The van der Waals surface area contributed by atoms with Crippen LogP contribution < -0.4 is 0 Å². The molecule has 1 N–H and O–H groups in total. The zero-order valence-electron chi connectivity index (χ0n) is 11.5. The van der Waals surface area contributed by atoms with E-state index in [1.54, 1.807) is 6.07 Å². The molecule has 20 heavy (non-hydrogen) atoms. The van der Waals surface area contributed by atoms with Gasteiger partial charge in [-0.25, -0.2) is 4.39 Å². The molecule has 2 nitrogen and oxygen atoms in total. The predicted octanol–water partition coefficient (Wildman–Crippen LogP) is 5.63. The molecular weight excluding hydrogens is 295 g/mol. The van der Waals surface area contributed by atoms with E-state index in [0.717, 1.165) is 29.8 Å². The lowest BCUT2D eigenvalue weighted by Crippen LogP contribution is -2.08. The summed E-state index contributed by atoms with van der Waals surface area (Å²) in [5.41, 5.74) is 1.65. The highest BCUT2D eigenvalue weighted by Crippen LogP contribution is 2.33. The quantitative estimate of drug-likeness (QED) is 0.534. The van der Waals surface area contributed by atoms with E-state index in [0.29, 0.717) is 10.8 Å². The first kappa shape index (κ1) is 14.1. The van der Waals surface area contributed by atoms with Gasteiger partial charge >= 0.3 is 0 Å². The summed E-state index contributed by atoms with van der Waals surface area (Å²) < 4.78 is 16.4. The summed E-state index contributed by atoms with van der Waals surface area (Å²) in [7, 11) is 0. The third-order valence-electron chi connectivity index (χ3n) is 4.35. The fraction of sp³-hybridized carbons (Fsp3) is 0.533. The van der Waals surface area contributed by atoms with Gasteiger partial charge in [0, 0.05) is 12.1 Å². The average Bonchev–Trinajstić information content (AvgIpc) is 2.57. The maximum absolute atomic E-state index is 13.6. The Balaban J connectivity index is 2.08. The Morgan fingerprint density at radius 2 is 2.10 bits per heavy atom. The third kappa shape index (κ3) is 2.51. The van der Waals surface area contributed by atoms with E-state index in [1.165, 1.54) is 25.3 Å². The number of rotatable bonds is 1. The lowest BCUT2D eigenvalue weighted by Gasteiger charge is -2.17. The zero-order chi connectivity index (χ0) is 14.3. The number of hydrogen-bond acceptors (Lipinski definition) is 1. The molecule has 1 aliphatic rings. The molecule has 0 radical (unpaired) electrons. The van der Waals surface area contributed by atoms with Crippen molar-refractivity contribution in [3.05, 3.63) is 27.7 Å². The van der Waals surface area contributed by atoms with Crippen LogP contribution in [-0.4, -0.2) is 9.55 Å². The molecule has 1 aliphatic carbocycles. The van der Waals surface area contributed by atoms with Gasteiger partial charge in [-0.05, 0) is 43.5 Å². The zero-order valence-corrected chi connectivity index (χ0v) is 13.0. The maximum Gasteiger partial charge on any atom is 0.178 e. The van der Waals surface area contributed by atoms with Crippen LogP contribution in [-0.2, 0) is 0 Å². The highest BCUT2D eigenvalue weighted by atomic mass is 35.5. The smallest absolute Gasteiger partial charge is 0.178 e. The van der Waals surface area contributed by atoms with Crippen molar-refractivity contribution in [2.45, 2.75) is 45.1 Å². The second kappa shape index (κ2) is 5.49. The summed E-state index contributed by atoms with van der Waals surface area (Å²) >= 11 is 11.4. The number of benzene rings is 1. The summed E-state index contributed by atoms with van der Waals surface area (Å²) in [6, 6.07) is 3.51. The molecule has 1 aromatic carbocycles. The molecule has 1 fully saturated rings. The summed E-state index contributed by atoms with van der Waals surface area (Å²) in [5, 5.41) is 0.155. The van der Waals surface area contributed by atoms with E-state index in [4.69, 9.17) is 23.8 Å². The summed E-state index contributed by atoms with van der Waals surface area (Å²) in [6.45, 7) is 2.31. The molecular formula is C15H18ClFN2S. The molecule has 0 spiro atoms.